The standard InChI is InChI=1S/C14H15NO/c1-14(2)9-15-13-11-6-4-3-5-10(11)7-8-12(13)16-14/h3-8,15H,9H2,1-2H3. The molecule has 2 heteroatoms. The molecule has 0 saturated carbocycles. The lowest BCUT2D eigenvalue weighted by Gasteiger charge is -2.34. The highest BCUT2D eigenvalue weighted by Gasteiger charge is 2.26. The summed E-state index contributed by atoms with van der Waals surface area (Å²) >= 11 is 0. The van der Waals surface area contributed by atoms with Gasteiger partial charge in [0.15, 0.2) is 0 Å². The van der Waals surface area contributed by atoms with Gasteiger partial charge in [-0.05, 0) is 25.3 Å². The first-order chi connectivity index (χ1) is 7.66. The molecule has 2 aromatic rings. The minimum absolute atomic E-state index is 0.130. The van der Waals surface area contributed by atoms with Crippen molar-refractivity contribution in [2.75, 3.05) is 11.9 Å². The Morgan fingerprint density at radius 2 is 1.94 bits per heavy atom. The molecule has 1 aliphatic rings. The van der Waals surface area contributed by atoms with Crippen LogP contribution in [0.15, 0.2) is 36.4 Å². The van der Waals surface area contributed by atoms with Crippen molar-refractivity contribution < 1.29 is 4.74 Å². The van der Waals surface area contributed by atoms with E-state index in [0.717, 1.165) is 18.0 Å². The Hall–Kier alpha value is -1.70. The van der Waals surface area contributed by atoms with Crippen LogP contribution in [0.3, 0.4) is 0 Å². The second kappa shape index (κ2) is 3.14. The molecule has 2 nitrogen and oxygen atoms in total. The lowest BCUT2D eigenvalue weighted by molar-refractivity contribution is 0.116. The second-order valence-corrected chi connectivity index (χ2v) is 4.88. The van der Waals surface area contributed by atoms with E-state index in [-0.39, 0.29) is 5.60 Å². The molecule has 0 atom stereocenters. The molecule has 0 radical (unpaired) electrons. The summed E-state index contributed by atoms with van der Waals surface area (Å²) in [6.45, 7) is 5.03. The van der Waals surface area contributed by atoms with E-state index in [9.17, 15) is 0 Å². The number of anilines is 1. The SMILES string of the molecule is CC1(C)CNc2c(ccc3ccccc23)O1. The van der Waals surface area contributed by atoms with Gasteiger partial charge in [-0.1, -0.05) is 30.3 Å². The van der Waals surface area contributed by atoms with Crippen molar-refractivity contribution >= 4 is 16.5 Å². The van der Waals surface area contributed by atoms with Crippen LogP contribution in [0.2, 0.25) is 0 Å². The van der Waals surface area contributed by atoms with Crippen molar-refractivity contribution in [2.45, 2.75) is 19.4 Å². The Bertz CT molecular complexity index is 545. The quantitative estimate of drug-likeness (QED) is 0.724. The van der Waals surface area contributed by atoms with Gasteiger partial charge in [0.25, 0.3) is 0 Å². The van der Waals surface area contributed by atoms with E-state index in [2.05, 4.69) is 49.5 Å². The molecule has 0 aliphatic carbocycles. The van der Waals surface area contributed by atoms with E-state index >= 15 is 0 Å². The van der Waals surface area contributed by atoms with Gasteiger partial charge in [0, 0.05) is 5.39 Å². The van der Waals surface area contributed by atoms with Crippen LogP contribution in [0.4, 0.5) is 5.69 Å². The van der Waals surface area contributed by atoms with E-state index in [4.69, 9.17) is 4.74 Å². The molecule has 1 N–H and O–H groups in total. The second-order valence-electron chi connectivity index (χ2n) is 4.88. The molecule has 16 heavy (non-hydrogen) atoms. The highest BCUT2D eigenvalue weighted by atomic mass is 16.5. The number of nitrogens with one attached hydrogen (secondary N) is 1. The van der Waals surface area contributed by atoms with Gasteiger partial charge < -0.3 is 10.1 Å². The fraction of sp³-hybridized carbons (Fsp3) is 0.286. The summed E-state index contributed by atoms with van der Waals surface area (Å²) in [6.07, 6.45) is 0. The van der Waals surface area contributed by atoms with Crippen LogP contribution in [-0.2, 0) is 0 Å². The highest BCUT2D eigenvalue weighted by molar-refractivity contribution is 5.97. The molecule has 3 rings (SSSR count). The maximum absolute atomic E-state index is 5.96. The molecule has 2 aromatic carbocycles. The van der Waals surface area contributed by atoms with Gasteiger partial charge in [-0.3, -0.25) is 0 Å². The summed E-state index contributed by atoms with van der Waals surface area (Å²) in [5, 5.41) is 5.95. The van der Waals surface area contributed by atoms with Crippen molar-refractivity contribution in [3.63, 3.8) is 0 Å². The number of hydrogen-bond donors (Lipinski definition) is 1. The molecule has 1 heterocycles. The van der Waals surface area contributed by atoms with Crippen LogP contribution in [0.1, 0.15) is 13.8 Å². The van der Waals surface area contributed by atoms with Crippen LogP contribution >= 0.6 is 0 Å². The third kappa shape index (κ3) is 1.42. The number of hydrogen-bond acceptors (Lipinski definition) is 2. The zero-order valence-electron chi connectivity index (χ0n) is 9.58. The predicted molar refractivity (Wildman–Crippen MR) is 67.1 cm³/mol. The van der Waals surface area contributed by atoms with Crippen LogP contribution in [0.5, 0.6) is 5.75 Å². The van der Waals surface area contributed by atoms with Crippen LogP contribution in [-0.4, -0.2) is 12.1 Å². The summed E-state index contributed by atoms with van der Waals surface area (Å²) in [7, 11) is 0. The lowest BCUT2D eigenvalue weighted by Crippen LogP contribution is -2.40. The molecule has 0 spiro atoms. The smallest absolute Gasteiger partial charge is 0.143 e. The third-order valence-corrected chi connectivity index (χ3v) is 2.97. The van der Waals surface area contributed by atoms with Crippen LogP contribution in [0, 0.1) is 0 Å². The minimum Gasteiger partial charge on any atom is -0.484 e. The summed E-state index contributed by atoms with van der Waals surface area (Å²) in [5.74, 6) is 0.954. The average Bonchev–Trinajstić information content (AvgIpc) is 2.27. The van der Waals surface area contributed by atoms with Crippen molar-refractivity contribution in [3.05, 3.63) is 36.4 Å². The van der Waals surface area contributed by atoms with Gasteiger partial charge in [-0.2, -0.15) is 0 Å². The number of fused-ring (bicyclic) bond motifs is 3. The molecule has 0 aromatic heterocycles. The van der Waals surface area contributed by atoms with E-state index in [0.29, 0.717) is 0 Å². The molecule has 82 valence electrons. The van der Waals surface area contributed by atoms with Gasteiger partial charge in [0.1, 0.15) is 11.4 Å². The Morgan fingerprint density at radius 3 is 2.81 bits per heavy atom. The molecule has 0 unspecified atom stereocenters. The largest absolute Gasteiger partial charge is 0.484 e. The van der Waals surface area contributed by atoms with Crippen LogP contribution in [0.25, 0.3) is 10.8 Å². The first-order valence-corrected chi connectivity index (χ1v) is 5.60. The van der Waals surface area contributed by atoms with Gasteiger partial charge in [0.05, 0.1) is 12.2 Å². The Balaban J connectivity index is 2.22. The maximum atomic E-state index is 5.96. The van der Waals surface area contributed by atoms with Crippen molar-refractivity contribution in [1.29, 1.82) is 0 Å². The van der Waals surface area contributed by atoms with E-state index in [1.54, 1.807) is 0 Å². The molecule has 0 fully saturated rings. The zero-order valence-corrected chi connectivity index (χ0v) is 9.58. The van der Waals surface area contributed by atoms with Gasteiger partial charge in [-0.15, -0.1) is 0 Å². The van der Waals surface area contributed by atoms with E-state index < -0.39 is 0 Å². The maximum Gasteiger partial charge on any atom is 0.143 e. The van der Waals surface area contributed by atoms with Crippen LogP contribution < -0.4 is 10.1 Å². The summed E-state index contributed by atoms with van der Waals surface area (Å²) in [4.78, 5) is 0. The fourth-order valence-corrected chi connectivity index (χ4v) is 2.15. The predicted octanol–water partition coefficient (Wildman–Crippen LogP) is 3.42. The fourth-order valence-electron chi connectivity index (χ4n) is 2.15. The average molecular weight is 213 g/mol. The minimum atomic E-state index is -0.130. The Kier molecular flexibility index (Phi) is 1.87. The molecule has 0 amide bonds. The molecular formula is C14H15NO. The Labute approximate surface area is 95.2 Å². The van der Waals surface area contributed by atoms with E-state index in [1.807, 2.05) is 6.07 Å². The van der Waals surface area contributed by atoms with E-state index in [1.165, 1.54) is 10.8 Å². The molecule has 1 aliphatic heterocycles. The first kappa shape index (κ1) is 9.52. The molecule has 0 saturated heterocycles. The number of rotatable bonds is 0. The number of benzene rings is 2. The zero-order chi connectivity index (χ0) is 11.2. The van der Waals surface area contributed by atoms with Gasteiger partial charge in [-0.25, -0.2) is 0 Å². The highest BCUT2D eigenvalue weighted by Crippen LogP contribution is 2.38. The Morgan fingerprint density at radius 1 is 1.12 bits per heavy atom. The lowest BCUT2D eigenvalue weighted by atomic mass is 10.0. The number of ether oxygens (including phenoxy) is 1. The van der Waals surface area contributed by atoms with Gasteiger partial charge in [0.2, 0.25) is 0 Å². The van der Waals surface area contributed by atoms with Crippen molar-refractivity contribution in [1.82, 2.24) is 0 Å². The van der Waals surface area contributed by atoms with Crippen molar-refractivity contribution in [3.8, 4) is 5.75 Å². The third-order valence-electron chi connectivity index (χ3n) is 2.97. The van der Waals surface area contributed by atoms with Gasteiger partial charge >= 0.3 is 0 Å². The monoisotopic (exact) mass is 213 g/mol. The summed E-state index contributed by atoms with van der Waals surface area (Å²) < 4.78 is 5.96. The summed E-state index contributed by atoms with van der Waals surface area (Å²) in [6, 6.07) is 12.5. The molecule has 0 bridgehead atoms. The first-order valence-electron chi connectivity index (χ1n) is 5.60. The normalized spacial score (nSPS) is 17.4. The molecular weight excluding hydrogens is 198 g/mol. The summed E-state index contributed by atoms with van der Waals surface area (Å²) in [5.41, 5.74) is 0.993. The van der Waals surface area contributed by atoms with Crippen molar-refractivity contribution in [2.24, 2.45) is 0 Å². The topological polar surface area (TPSA) is 21.3 Å².